The molecule has 0 nitrogen and oxygen atoms in total. The number of hydrogen-bond donors (Lipinski definition) is 0. The predicted octanol–water partition coefficient (Wildman–Crippen LogP) is 7.99. The molecule has 0 unspecified atom stereocenters. The zero-order chi connectivity index (χ0) is 15.4. The monoisotopic (exact) mass is 292 g/mol. The first-order valence-corrected chi connectivity index (χ1v) is 9.73. The second-order valence-corrected chi connectivity index (χ2v) is 6.32. The van der Waals surface area contributed by atoms with Crippen LogP contribution < -0.4 is 0 Å². The Labute approximate surface area is 135 Å². The molecule has 0 aliphatic rings. The Morgan fingerprint density at radius 1 is 0.429 bits per heavy atom. The van der Waals surface area contributed by atoms with Crippen molar-refractivity contribution in [1.82, 2.24) is 0 Å². The first-order valence-electron chi connectivity index (χ1n) is 9.73. The van der Waals surface area contributed by atoms with E-state index < -0.39 is 0 Å². The van der Waals surface area contributed by atoms with Gasteiger partial charge in [-0.15, -0.1) is 0 Å². The van der Waals surface area contributed by atoms with Crippen LogP contribution in [0.5, 0.6) is 0 Å². The summed E-state index contributed by atoms with van der Waals surface area (Å²) in [6.07, 6.45) is 29.9. The first-order chi connectivity index (χ1) is 10.4. The molecule has 0 aromatic heterocycles. The Bertz CT molecular complexity index is 224. The molecular weight excluding hydrogens is 252 g/mol. The van der Waals surface area contributed by atoms with Crippen molar-refractivity contribution in [3.8, 4) is 0 Å². The fraction of sp³-hybridized carbons (Fsp3) is 0.810. The quantitative estimate of drug-likeness (QED) is 0.200. The third-order valence-electron chi connectivity index (χ3n) is 4.08. The summed E-state index contributed by atoms with van der Waals surface area (Å²) in [5.41, 5.74) is 0. The normalized spacial score (nSPS) is 11.9. The lowest BCUT2D eigenvalue weighted by atomic mass is 10.1. The molecule has 0 aromatic carbocycles. The first kappa shape index (κ1) is 20.5. The summed E-state index contributed by atoms with van der Waals surface area (Å²) >= 11 is 0. The van der Waals surface area contributed by atoms with Crippen molar-refractivity contribution in [2.75, 3.05) is 0 Å². The summed E-state index contributed by atoms with van der Waals surface area (Å²) in [5, 5.41) is 0. The number of unbranched alkanes of at least 4 members (excludes halogenated alkanes) is 13. The van der Waals surface area contributed by atoms with Gasteiger partial charge in [0.05, 0.1) is 0 Å². The van der Waals surface area contributed by atoms with Crippen LogP contribution in [0.15, 0.2) is 24.3 Å². The van der Waals surface area contributed by atoms with E-state index in [1.54, 1.807) is 0 Å². The molecule has 0 saturated carbocycles. The van der Waals surface area contributed by atoms with E-state index in [2.05, 4.69) is 38.2 Å². The van der Waals surface area contributed by atoms with Crippen molar-refractivity contribution in [3.63, 3.8) is 0 Å². The van der Waals surface area contributed by atoms with Crippen LogP contribution in [-0.2, 0) is 0 Å². The highest BCUT2D eigenvalue weighted by molar-refractivity contribution is 5.02. The molecular formula is C21H40. The van der Waals surface area contributed by atoms with E-state index in [-0.39, 0.29) is 0 Å². The van der Waals surface area contributed by atoms with Crippen LogP contribution in [0.2, 0.25) is 0 Å². The lowest BCUT2D eigenvalue weighted by Crippen LogP contribution is -1.78. The topological polar surface area (TPSA) is 0 Å². The van der Waals surface area contributed by atoms with Gasteiger partial charge in [-0.2, -0.15) is 0 Å². The Balaban J connectivity index is 3.15. The molecule has 0 heteroatoms. The Morgan fingerprint density at radius 3 is 1.14 bits per heavy atom. The van der Waals surface area contributed by atoms with Gasteiger partial charge in [-0.1, -0.05) is 109 Å². The SMILES string of the molecule is CCCCCCCCC=CC=CCCCCCCCCC. The van der Waals surface area contributed by atoms with Crippen molar-refractivity contribution in [2.24, 2.45) is 0 Å². The van der Waals surface area contributed by atoms with Gasteiger partial charge >= 0.3 is 0 Å². The zero-order valence-electron chi connectivity index (χ0n) is 14.9. The average Bonchev–Trinajstić information content (AvgIpc) is 2.50. The molecule has 0 aliphatic carbocycles. The second-order valence-electron chi connectivity index (χ2n) is 6.32. The molecule has 0 N–H and O–H groups in total. The van der Waals surface area contributed by atoms with Crippen molar-refractivity contribution in [1.29, 1.82) is 0 Å². The van der Waals surface area contributed by atoms with E-state index in [1.165, 1.54) is 96.3 Å². The van der Waals surface area contributed by atoms with Gasteiger partial charge in [-0.25, -0.2) is 0 Å². The maximum Gasteiger partial charge on any atom is -0.0348 e. The third-order valence-corrected chi connectivity index (χ3v) is 4.08. The van der Waals surface area contributed by atoms with E-state index in [4.69, 9.17) is 0 Å². The van der Waals surface area contributed by atoms with Gasteiger partial charge in [0.1, 0.15) is 0 Å². The van der Waals surface area contributed by atoms with E-state index in [9.17, 15) is 0 Å². The van der Waals surface area contributed by atoms with Crippen LogP contribution >= 0.6 is 0 Å². The van der Waals surface area contributed by atoms with Gasteiger partial charge in [0.15, 0.2) is 0 Å². The lowest BCUT2D eigenvalue weighted by Gasteiger charge is -1.98. The van der Waals surface area contributed by atoms with Crippen molar-refractivity contribution < 1.29 is 0 Å². The fourth-order valence-electron chi connectivity index (χ4n) is 2.61. The average molecular weight is 293 g/mol. The smallest absolute Gasteiger partial charge is 0.0348 e. The summed E-state index contributed by atoms with van der Waals surface area (Å²) in [7, 11) is 0. The molecule has 0 fully saturated rings. The molecule has 0 radical (unpaired) electrons. The van der Waals surface area contributed by atoms with Gasteiger partial charge in [0.25, 0.3) is 0 Å². The molecule has 0 atom stereocenters. The predicted molar refractivity (Wildman–Crippen MR) is 98.9 cm³/mol. The van der Waals surface area contributed by atoms with Crippen LogP contribution in [0.1, 0.15) is 110 Å². The maximum absolute atomic E-state index is 2.34. The largest absolute Gasteiger partial charge is 0.0845 e. The minimum absolute atomic E-state index is 1.26. The molecule has 0 bridgehead atoms. The minimum Gasteiger partial charge on any atom is -0.0845 e. The Kier molecular flexibility index (Phi) is 19.0. The van der Waals surface area contributed by atoms with E-state index in [1.807, 2.05) is 0 Å². The summed E-state index contributed by atoms with van der Waals surface area (Å²) in [4.78, 5) is 0. The lowest BCUT2D eigenvalue weighted by molar-refractivity contribution is 0.592. The second kappa shape index (κ2) is 19.5. The molecule has 0 spiro atoms. The van der Waals surface area contributed by atoms with E-state index in [0.717, 1.165) is 0 Å². The zero-order valence-corrected chi connectivity index (χ0v) is 14.9. The maximum atomic E-state index is 2.34. The van der Waals surface area contributed by atoms with Crippen molar-refractivity contribution in [3.05, 3.63) is 24.3 Å². The highest BCUT2D eigenvalue weighted by atomic mass is 14.0. The molecule has 0 rings (SSSR count). The van der Waals surface area contributed by atoms with Crippen LogP contribution in [0.3, 0.4) is 0 Å². The van der Waals surface area contributed by atoms with Gasteiger partial charge in [0.2, 0.25) is 0 Å². The van der Waals surface area contributed by atoms with Gasteiger partial charge in [-0.3, -0.25) is 0 Å². The summed E-state index contributed by atoms with van der Waals surface area (Å²) in [6.45, 7) is 4.56. The number of allylic oxidation sites excluding steroid dienone is 4. The van der Waals surface area contributed by atoms with E-state index in [0.29, 0.717) is 0 Å². The molecule has 0 aromatic rings. The van der Waals surface area contributed by atoms with Gasteiger partial charge in [-0.05, 0) is 25.7 Å². The van der Waals surface area contributed by atoms with Crippen molar-refractivity contribution >= 4 is 0 Å². The van der Waals surface area contributed by atoms with Crippen LogP contribution in [0.4, 0.5) is 0 Å². The molecule has 0 aliphatic heterocycles. The van der Waals surface area contributed by atoms with Gasteiger partial charge < -0.3 is 0 Å². The summed E-state index contributed by atoms with van der Waals surface area (Å²) < 4.78 is 0. The minimum atomic E-state index is 1.26. The van der Waals surface area contributed by atoms with Crippen LogP contribution in [-0.4, -0.2) is 0 Å². The molecule has 0 saturated heterocycles. The summed E-state index contributed by atoms with van der Waals surface area (Å²) in [6, 6.07) is 0. The fourth-order valence-corrected chi connectivity index (χ4v) is 2.61. The Morgan fingerprint density at radius 2 is 0.762 bits per heavy atom. The van der Waals surface area contributed by atoms with Crippen LogP contribution in [0, 0.1) is 0 Å². The highest BCUT2D eigenvalue weighted by Gasteiger charge is 1.89. The van der Waals surface area contributed by atoms with Gasteiger partial charge in [0, 0.05) is 0 Å². The van der Waals surface area contributed by atoms with Crippen LogP contribution in [0.25, 0.3) is 0 Å². The van der Waals surface area contributed by atoms with Crippen molar-refractivity contribution in [2.45, 2.75) is 110 Å². The number of rotatable bonds is 16. The summed E-state index contributed by atoms with van der Waals surface area (Å²) in [5.74, 6) is 0. The molecule has 21 heavy (non-hydrogen) atoms. The standard InChI is InChI=1S/C21H40/c1-3-5-7-9-11-13-15-17-19-21-20-18-16-14-12-10-8-6-4-2/h17,19-21H,3-16,18H2,1-2H3. The Hall–Kier alpha value is -0.520. The molecule has 0 amide bonds. The molecule has 0 heterocycles. The number of hydrogen-bond acceptors (Lipinski definition) is 0. The highest BCUT2D eigenvalue weighted by Crippen LogP contribution is 2.09. The van der Waals surface area contributed by atoms with E-state index >= 15 is 0 Å². The molecule has 124 valence electrons. The third kappa shape index (κ3) is 19.5.